The highest BCUT2D eigenvalue weighted by Crippen LogP contribution is 2.40. The zero-order valence-corrected chi connectivity index (χ0v) is 9.17. The van der Waals surface area contributed by atoms with Crippen molar-refractivity contribution in [2.45, 2.75) is 6.54 Å². The quantitative estimate of drug-likeness (QED) is 0.793. The van der Waals surface area contributed by atoms with Gasteiger partial charge in [-0.25, -0.2) is 4.79 Å². The molecule has 16 heavy (non-hydrogen) atoms. The second kappa shape index (κ2) is 3.35. The fraction of sp³-hybridized carbons (Fsp3) is 0.0833. The van der Waals surface area contributed by atoms with Crippen LogP contribution in [0.15, 0.2) is 30.3 Å². The molecule has 1 aliphatic rings. The summed E-state index contributed by atoms with van der Waals surface area (Å²) in [5.74, 6) is -0.850. The molecule has 0 bridgehead atoms. The van der Waals surface area contributed by atoms with E-state index in [0.717, 1.165) is 21.7 Å². The molecule has 2 N–H and O–H groups in total. The van der Waals surface area contributed by atoms with Crippen LogP contribution < -0.4 is 5.32 Å². The summed E-state index contributed by atoms with van der Waals surface area (Å²) in [4.78, 5) is 12.4. The van der Waals surface area contributed by atoms with E-state index in [-0.39, 0.29) is 0 Å². The molecule has 1 aromatic carbocycles. The third-order valence-corrected chi connectivity index (χ3v) is 3.86. The highest BCUT2D eigenvalue weighted by molar-refractivity contribution is 7.17. The molecule has 0 spiro atoms. The molecular formula is C12H9NO2S. The number of hydrogen-bond donors (Lipinski definition) is 2. The first-order chi connectivity index (χ1) is 7.75. The number of carboxylic acid groups (broad SMARTS) is 1. The number of anilines is 1. The Kier molecular flexibility index (Phi) is 1.97. The fourth-order valence-electron chi connectivity index (χ4n) is 1.92. The molecule has 80 valence electrons. The summed E-state index contributed by atoms with van der Waals surface area (Å²) < 4.78 is 0. The van der Waals surface area contributed by atoms with Crippen molar-refractivity contribution in [3.8, 4) is 10.4 Å². The summed E-state index contributed by atoms with van der Waals surface area (Å²) in [5, 5.41) is 12.3. The Morgan fingerprint density at radius 2 is 2.19 bits per heavy atom. The maximum atomic E-state index is 10.9. The monoisotopic (exact) mass is 231 g/mol. The zero-order valence-electron chi connectivity index (χ0n) is 8.36. The van der Waals surface area contributed by atoms with E-state index >= 15 is 0 Å². The second-order valence-corrected chi connectivity index (χ2v) is 4.72. The Bertz CT molecular complexity index is 574. The van der Waals surface area contributed by atoms with E-state index in [4.69, 9.17) is 5.11 Å². The maximum absolute atomic E-state index is 10.9. The lowest BCUT2D eigenvalue weighted by Gasteiger charge is -2.17. The Morgan fingerprint density at radius 3 is 3.00 bits per heavy atom. The van der Waals surface area contributed by atoms with Crippen LogP contribution in [0.5, 0.6) is 0 Å². The van der Waals surface area contributed by atoms with Gasteiger partial charge in [0.15, 0.2) is 0 Å². The highest BCUT2D eigenvalue weighted by Gasteiger charge is 2.20. The molecule has 0 saturated heterocycles. The van der Waals surface area contributed by atoms with E-state index < -0.39 is 5.97 Å². The van der Waals surface area contributed by atoms with Gasteiger partial charge in [0.2, 0.25) is 0 Å². The van der Waals surface area contributed by atoms with Gasteiger partial charge in [0.05, 0.1) is 0 Å². The third-order valence-electron chi connectivity index (χ3n) is 2.66. The minimum Gasteiger partial charge on any atom is -0.477 e. The number of thiophene rings is 1. The van der Waals surface area contributed by atoms with Gasteiger partial charge in [0.25, 0.3) is 0 Å². The van der Waals surface area contributed by atoms with Gasteiger partial charge in [0, 0.05) is 22.7 Å². The standard InChI is InChI=1S/C12H9NO2S/c14-12(15)10-5-7-6-13-9-4-2-1-3-8(9)11(7)16-10/h1-5,13H,6H2,(H,14,15). The zero-order chi connectivity index (χ0) is 11.1. The predicted molar refractivity (Wildman–Crippen MR) is 64.0 cm³/mol. The van der Waals surface area contributed by atoms with Gasteiger partial charge in [0.1, 0.15) is 4.88 Å². The largest absolute Gasteiger partial charge is 0.477 e. The number of aromatic carboxylic acids is 1. The molecule has 3 rings (SSSR count). The number of benzene rings is 1. The van der Waals surface area contributed by atoms with Gasteiger partial charge in [-0.1, -0.05) is 18.2 Å². The summed E-state index contributed by atoms with van der Waals surface area (Å²) in [6.45, 7) is 0.704. The van der Waals surface area contributed by atoms with Crippen LogP contribution in [-0.2, 0) is 6.54 Å². The highest BCUT2D eigenvalue weighted by atomic mass is 32.1. The first-order valence-corrected chi connectivity index (χ1v) is 5.76. The average molecular weight is 231 g/mol. The summed E-state index contributed by atoms with van der Waals surface area (Å²) in [6.07, 6.45) is 0. The molecule has 2 aromatic rings. The van der Waals surface area contributed by atoms with Crippen molar-refractivity contribution >= 4 is 23.0 Å². The van der Waals surface area contributed by atoms with E-state index in [1.165, 1.54) is 11.3 Å². The van der Waals surface area contributed by atoms with Crippen LogP contribution in [0, 0.1) is 0 Å². The average Bonchev–Trinajstić information content (AvgIpc) is 2.73. The van der Waals surface area contributed by atoms with Crippen molar-refractivity contribution in [1.29, 1.82) is 0 Å². The molecular weight excluding hydrogens is 222 g/mol. The van der Waals surface area contributed by atoms with Gasteiger partial charge in [-0.2, -0.15) is 0 Å². The van der Waals surface area contributed by atoms with Gasteiger partial charge < -0.3 is 10.4 Å². The van der Waals surface area contributed by atoms with Crippen LogP contribution in [0.2, 0.25) is 0 Å². The van der Waals surface area contributed by atoms with Crippen molar-refractivity contribution in [2.24, 2.45) is 0 Å². The van der Waals surface area contributed by atoms with Crippen LogP contribution in [-0.4, -0.2) is 11.1 Å². The summed E-state index contributed by atoms with van der Waals surface area (Å²) in [5.41, 5.74) is 3.25. The topological polar surface area (TPSA) is 49.3 Å². The maximum Gasteiger partial charge on any atom is 0.345 e. The fourth-order valence-corrected chi connectivity index (χ4v) is 2.98. The number of nitrogens with one attached hydrogen (secondary N) is 1. The van der Waals surface area contributed by atoms with Crippen molar-refractivity contribution in [2.75, 3.05) is 5.32 Å². The lowest BCUT2D eigenvalue weighted by Crippen LogP contribution is -2.05. The van der Waals surface area contributed by atoms with Gasteiger partial charge in [-0.15, -0.1) is 11.3 Å². The van der Waals surface area contributed by atoms with Crippen molar-refractivity contribution < 1.29 is 9.90 Å². The molecule has 0 unspecified atom stereocenters. The van der Waals surface area contributed by atoms with Crippen molar-refractivity contribution in [3.63, 3.8) is 0 Å². The number of hydrogen-bond acceptors (Lipinski definition) is 3. The van der Waals surface area contributed by atoms with E-state index in [0.29, 0.717) is 11.4 Å². The lowest BCUT2D eigenvalue weighted by molar-refractivity contribution is 0.0702. The first-order valence-electron chi connectivity index (χ1n) is 4.95. The molecule has 3 nitrogen and oxygen atoms in total. The minimum atomic E-state index is -0.850. The van der Waals surface area contributed by atoms with Crippen LogP contribution in [0.25, 0.3) is 10.4 Å². The molecule has 1 aromatic heterocycles. The van der Waals surface area contributed by atoms with E-state index in [9.17, 15) is 4.79 Å². The van der Waals surface area contributed by atoms with Crippen LogP contribution >= 0.6 is 11.3 Å². The number of para-hydroxylation sites is 1. The molecule has 4 heteroatoms. The van der Waals surface area contributed by atoms with Crippen LogP contribution in [0.4, 0.5) is 5.69 Å². The summed E-state index contributed by atoms with van der Waals surface area (Å²) in [6, 6.07) is 9.73. The van der Waals surface area contributed by atoms with E-state index in [1.807, 2.05) is 24.3 Å². The van der Waals surface area contributed by atoms with Gasteiger partial charge in [-0.3, -0.25) is 0 Å². The van der Waals surface area contributed by atoms with Gasteiger partial charge >= 0.3 is 5.97 Å². The number of carboxylic acids is 1. The lowest BCUT2D eigenvalue weighted by atomic mass is 10.0. The molecule has 0 amide bonds. The van der Waals surface area contributed by atoms with Crippen LogP contribution in [0.3, 0.4) is 0 Å². The number of rotatable bonds is 1. The smallest absolute Gasteiger partial charge is 0.345 e. The Hall–Kier alpha value is -1.81. The van der Waals surface area contributed by atoms with Crippen molar-refractivity contribution in [1.82, 2.24) is 0 Å². The molecule has 1 aliphatic heterocycles. The summed E-state index contributed by atoms with van der Waals surface area (Å²) >= 11 is 1.35. The number of fused-ring (bicyclic) bond motifs is 3. The number of carbonyl (C=O) groups is 1. The Balaban J connectivity index is 2.20. The SMILES string of the molecule is O=C(O)c1cc2c(s1)-c1ccccc1NC2. The van der Waals surface area contributed by atoms with Crippen molar-refractivity contribution in [3.05, 3.63) is 40.8 Å². The second-order valence-electron chi connectivity index (χ2n) is 3.67. The van der Waals surface area contributed by atoms with E-state index in [2.05, 4.69) is 5.32 Å². The molecule has 0 aliphatic carbocycles. The molecule has 2 heterocycles. The summed E-state index contributed by atoms with van der Waals surface area (Å²) in [7, 11) is 0. The normalized spacial score (nSPS) is 12.5. The molecule has 0 atom stereocenters. The molecule has 0 fully saturated rings. The Labute approximate surface area is 96.4 Å². The first kappa shape index (κ1) is 9.42. The van der Waals surface area contributed by atoms with E-state index in [1.54, 1.807) is 6.07 Å². The predicted octanol–water partition coefficient (Wildman–Crippen LogP) is 3.04. The molecule has 0 saturated carbocycles. The minimum absolute atomic E-state index is 0.406. The van der Waals surface area contributed by atoms with Gasteiger partial charge in [-0.05, 0) is 17.7 Å². The molecule has 0 radical (unpaired) electrons. The van der Waals surface area contributed by atoms with Crippen LogP contribution in [0.1, 0.15) is 15.2 Å². The Morgan fingerprint density at radius 1 is 1.38 bits per heavy atom. The third kappa shape index (κ3) is 1.31.